The number of nitrogens with zero attached hydrogens (tertiary/aromatic N) is 1. The number of ether oxygens (including phenoxy) is 1. The van der Waals surface area contributed by atoms with E-state index in [0.29, 0.717) is 23.8 Å². The summed E-state index contributed by atoms with van der Waals surface area (Å²) in [5.41, 5.74) is 2.82. The molecule has 1 atom stereocenters. The quantitative estimate of drug-likeness (QED) is 0.116. The molecule has 1 unspecified atom stereocenters. The maximum atomic E-state index is 10.9. The molecule has 2 saturated heterocycles. The Bertz CT molecular complexity index is 808. The fourth-order valence-corrected chi connectivity index (χ4v) is 4.34. The van der Waals surface area contributed by atoms with E-state index in [1.165, 1.54) is 32.4 Å². The number of carbonyl (C=O) groups excluding carboxylic acids is 1. The van der Waals surface area contributed by atoms with Crippen molar-refractivity contribution in [3.8, 4) is 0 Å². The average Bonchev–Trinajstić information content (AvgIpc) is 3.05. The highest BCUT2D eigenvalue weighted by Crippen LogP contribution is 2.33. The molecule has 1 aromatic carbocycles. The second-order valence-electron chi connectivity index (χ2n) is 9.12. The summed E-state index contributed by atoms with van der Waals surface area (Å²) in [4.78, 5) is 15.2. The van der Waals surface area contributed by atoms with Crippen LogP contribution in [-0.4, -0.2) is 57.0 Å². The molecule has 0 saturated carbocycles. The van der Waals surface area contributed by atoms with Crippen LogP contribution in [-0.2, 0) is 9.53 Å². The summed E-state index contributed by atoms with van der Waals surface area (Å²) < 4.78 is 5.48. The van der Waals surface area contributed by atoms with E-state index in [4.69, 9.17) is 27.9 Å². The molecule has 42 heavy (non-hydrogen) atoms. The van der Waals surface area contributed by atoms with Crippen molar-refractivity contribution >= 4 is 46.7 Å². The first kappa shape index (κ1) is 44.8. The summed E-state index contributed by atoms with van der Waals surface area (Å²) in [5.74, 6) is 0.462. The van der Waals surface area contributed by atoms with E-state index >= 15 is 0 Å². The number of allylic oxidation sites excluding steroid dienone is 1. The molecule has 246 valence electrons. The van der Waals surface area contributed by atoms with Gasteiger partial charge in [0.2, 0.25) is 6.41 Å². The molecular formula is C34H64Cl2N4O2. The molecule has 8 heteroatoms. The van der Waals surface area contributed by atoms with Crippen molar-refractivity contribution in [1.29, 1.82) is 0 Å². The molecule has 3 N–H and O–H groups in total. The van der Waals surface area contributed by atoms with Crippen molar-refractivity contribution in [3.05, 3.63) is 34.9 Å². The number of anilines is 1. The third-order valence-electron chi connectivity index (χ3n) is 6.16. The predicted molar refractivity (Wildman–Crippen MR) is 191 cm³/mol. The largest absolute Gasteiger partial charge is 0.384 e. The molecule has 2 heterocycles. The number of benzene rings is 1. The number of carbonyl (C=O) groups is 1. The Morgan fingerprint density at radius 3 is 2.05 bits per heavy atom. The average molecular weight is 632 g/mol. The lowest BCUT2D eigenvalue weighted by molar-refractivity contribution is -0.108. The van der Waals surface area contributed by atoms with E-state index in [-0.39, 0.29) is 10.8 Å². The van der Waals surface area contributed by atoms with Crippen LogP contribution in [0.15, 0.2) is 29.3 Å². The molecule has 6 nitrogen and oxygen atoms in total. The molecular weight excluding hydrogens is 567 g/mol. The number of halogens is 2. The maximum absolute atomic E-state index is 10.9. The monoisotopic (exact) mass is 630 g/mol. The second-order valence-corrected chi connectivity index (χ2v) is 10.2. The van der Waals surface area contributed by atoms with Gasteiger partial charge in [-0.2, -0.15) is 0 Å². The minimum absolute atomic E-state index is 0.214. The van der Waals surface area contributed by atoms with Gasteiger partial charge in [-0.15, -0.1) is 11.6 Å². The number of hydrogen-bond acceptors (Lipinski definition) is 5. The van der Waals surface area contributed by atoms with Gasteiger partial charge < -0.3 is 20.7 Å². The third kappa shape index (κ3) is 20.3. The Morgan fingerprint density at radius 1 is 1.05 bits per heavy atom. The SMILES string of the molecule is C1CCNCC1.CC.CC.CC.CC.CCN=C(/C=C(/c1cc(NCC2(C)CCOCC2)ccc1Cl)C(C)Cl)NC=O. The number of rotatable bonds is 8. The summed E-state index contributed by atoms with van der Waals surface area (Å²) in [6.07, 6.45) is 8.68. The van der Waals surface area contributed by atoms with Gasteiger partial charge in [0, 0.05) is 37.0 Å². The number of hydrogen-bond donors (Lipinski definition) is 3. The topological polar surface area (TPSA) is 74.8 Å². The first-order valence-electron chi connectivity index (χ1n) is 16.3. The predicted octanol–water partition coefficient (Wildman–Crippen LogP) is 9.61. The van der Waals surface area contributed by atoms with Crippen molar-refractivity contribution in [2.75, 3.05) is 44.7 Å². The summed E-state index contributed by atoms with van der Waals surface area (Å²) >= 11 is 12.9. The number of alkyl halides is 1. The first-order chi connectivity index (χ1) is 20.4. The Labute approximate surface area is 269 Å². The van der Waals surface area contributed by atoms with E-state index < -0.39 is 0 Å². The second kappa shape index (κ2) is 30.8. The molecule has 0 radical (unpaired) electrons. The van der Waals surface area contributed by atoms with Gasteiger partial charge in [0.15, 0.2) is 0 Å². The molecule has 0 bridgehead atoms. The molecule has 0 aliphatic carbocycles. The van der Waals surface area contributed by atoms with Crippen LogP contribution in [0.5, 0.6) is 0 Å². The molecule has 2 fully saturated rings. The van der Waals surface area contributed by atoms with Crippen molar-refractivity contribution in [2.45, 2.75) is 114 Å². The van der Waals surface area contributed by atoms with Crippen LogP contribution < -0.4 is 16.0 Å². The zero-order valence-electron chi connectivity index (χ0n) is 28.8. The summed E-state index contributed by atoms with van der Waals surface area (Å²) in [6, 6.07) is 5.83. The Kier molecular flexibility index (Phi) is 32.9. The van der Waals surface area contributed by atoms with Crippen molar-refractivity contribution < 1.29 is 9.53 Å². The zero-order valence-corrected chi connectivity index (χ0v) is 30.3. The fourth-order valence-electron chi connectivity index (χ4n) is 3.93. The van der Waals surface area contributed by atoms with E-state index in [0.717, 1.165) is 49.4 Å². The minimum atomic E-state index is -0.309. The highest BCUT2D eigenvalue weighted by Gasteiger charge is 2.27. The van der Waals surface area contributed by atoms with E-state index in [2.05, 4.69) is 27.9 Å². The summed E-state index contributed by atoms with van der Waals surface area (Å²) in [5, 5.41) is 9.72. The Morgan fingerprint density at radius 2 is 1.62 bits per heavy atom. The van der Waals surface area contributed by atoms with Gasteiger partial charge in [-0.05, 0) is 93.4 Å². The van der Waals surface area contributed by atoms with Crippen LogP contribution in [0.4, 0.5) is 5.69 Å². The Balaban J connectivity index is -0.000000912. The normalized spacial score (nSPS) is 16.3. The van der Waals surface area contributed by atoms with Crippen LogP contribution in [0.3, 0.4) is 0 Å². The molecule has 1 amide bonds. The molecule has 0 spiro atoms. The van der Waals surface area contributed by atoms with Gasteiger partial charge in [-0.1, -0.05) is 80.3 Å². The van der Waals surface area contributed by atoms with Crippen LogP contribution in [0.1, 0.15) is 114 Å². The minimum Gasteiger partial charge on any atom is -0.384 e. The van der Waals surface area contributed by atoms with E-state index in [1.54, 1.807) is 6.08 Å². The maximum Gasteiger partial charge on any atom is 0.212 e. The van der Waals surface area contributed by atoms with Gasteiger partial charge in [0.05, 0.1) is 5.38 Å². The van der Waals surface area contributed by atoms with Crippen molar-refractivity contribution in [2.24, 2.45) is 10.4 Å². The van der Waals surface area contributed by atoms with Crippen molar-refractivity contribution in [3.63, 3.8) is 0 Å². The molecule has 3 rings (SSSR count). The zero-order chi connectivity index (χ0) is 32.8. The van der Waals surface area contributed by atoms with Crippen LogP contribution in [0, 0.1) is 5.41 Å². The molecule has 1 aromatic rings. The smallest absolute Gasteiger partial charge is 0.212 e. The lowest BCUT2D eigenvalue weighted by Gasteiger charge is -2.34. The number of amides is 1. The lowest BCUT2D eigenvalue weighted by atomic mass is 9.82. The summed E-state index contributed by atoms with van der Waals surface area (Å²) in [6.45, 7) is 27.6. The van der Waals surface area contributed by atoms with Gasteiger partial charge in [-0.3, -0.25) is 9.79 Å². The standard InChI is InChI=1S/C21H29Cl2N3O2.C5H11N.4C2H6/c1-4-24-20(26-14-27)12-17(15(2)22)18-11-16(5-6-19(18)23)25-13-21(3)7-9-28-10-8-21;1-2-4-6-5-3-1;4*1-2/h5-6,11-12,14-15,25H,4,7-10,13H2,1-3H3,(H,24,26,27);6H,1-5H2;4*1-2H3/b17-12+;;;;;. The number of piperidine rings is 1. The highest BCUT2D eigenvalue weighted by molar-refractivity contribution is 6.34. The molecule has 2 aliphatic rings. The van der Waals surface area contributed by atoms with E-state index in [1.807, 2.05) is 87.4 Å². The Hall–Kier alpha value is -1.60. The van der Waals surface area contributed by atoms with Crippen LogP contribution in [0.2, 0.25) is 5.02 Å². The molecule has 0 aromatic heterocycles. The third-order valence-corrected chi connectivity index (χ3v) is 6.72. The van der Waals surface area contributed by atoms with Gasteiger partial charge in [0.1, 0.15) is 5.84 Å². The van der Waals surface area contributed by atoms with Crippen molar-refractivity contribution in [1.82, 2.24) is 10.6 Å². The van der Waals surface area contributed by atoms with E-state index in [9.17, 15) is 4.79 Å². The number of nitrogens with one attached hydrogen (secondary N) is 3. The lowest BCUT2D eigenvalue weighted by Crippen LogP contribution is -2.33. The first-order valence-corrected chi connectivity index (χ1v) is 17.1. The molecule has 2 aliphatic heterocycles. The number of amidine groups is 1. The fraction of sp³-hybridized carbons (Fsp3) is 0.706. The highest BCUT2D eigenvalue weighted by atomic mass is 35.5. The summed E-state index contributed by atoms with van der Waals surface area (Å²) in [7, 11) is 0. The van der Waals surface area contributed by atoms with Gasteiger partial charge >= 0.3 is 0 Å². The van der Waals surface area contributed by atoms with Crippen LogP contribution >= 0.6 is 23.2 Å². The van der Waals surface area contributed by atoms with Gasteiger partial charge in [-0.25, -0.2) is 0 Å². The number of aliphatic imine (C=N–C) groups is 1. The van der Waals surface area contributed by atoms with Crippen LogP contribution in [0.25, 0.3) is 5.57 Å². The van der Waals surface area contributed by atoms with Gasteiger partial charge in [0.25, 0.3) is 0 Å².